The number of ketones is 2. The molecule has 5 heteroatoms. The molecule has 0 unspecified atom stereocenters. The third-order valence-electron chi connectivity index (χ3n) is 3.15. The number of Topliss-reactive ketones (excluding diaryl/α,β-unsaturated/α-hetero) is 2. The van der Waals surface area contributed by atoms with Crippen LogP contribution in [0.15, 0.2) is 36.7 Å². The summed E-state index contributed by atoms with van der Waals surface area (Å²) in [5.41, 5.74) is 1.84. The average molecular weight is 317 g/mol. The van der Waals surface area contributed by atoms with Crippen molar-refractivity contribution < 1.29 is 9.59 Å². The number of rotatable bonds is 1. The fourth-order valence-electron chi connectivity index (χ4n) is 2.22. The Morgan fingerprint density at radius 3 is 2.16 bits per heavy atom. The molecule has 0 aliphatic heterocycles. The Morgan fingerprint density at radius 2 is 1.63 bits per heavy atom. The normalized spacial score (nSPS) is 16.5. The third kappa shape index (κ3) is 1.58. The van der Waals surface area contributed by atoms with Crippen molar-refractivity contribution in [1.82, 2.24) is 9.97 Å². The predicted octanol–water partition coefficient (Wildman–Crippen LogP) is 2.45. The molecule has 0 N–H and O–H groups in total. The number of benzene rings is 1. The molecule has 1 aromatic heterocycles. The highest BCUT2D eigenvalue weighted by atomic mass is 79.9. The van der Waals surface area contributed by atoms with E-state index >= 15 is 0 Å². The number of hydrogen-bond acceptors (Lipinski definition) is 4. The second-order valence-electron chi connectivity index (χ2n) is 4.41. The minimum atomic E-state index is -1.43. The molecule has 0 fully saturated rings. The smallest absolute Gasteiger partial charge is 0.194 e. The monoisotopic (exact) mass is 316 g/mol. The molecule has 1 aliphatic carbocycles. The van der Waals surface area contributed by atoms with Crippen LogP contribution >= 0.6 is 15.9 Å². The Bertz CT molecular complexity index is 677. The van der Waals surface area contributed by atoms with Crippen LogP contribution in [-0.2, 0) is 4.32 Å². The number of aromatic nitrogens is 2. The van der Waals surface area contributed by atoms with Gasteiger partial charge < -0.3 is 0 Å². The average Bonchev–Trinajstić information content (AvgIpc) is 2.63. The zero-order valence-corrected chi connectivity index (χ0v) is 11.6. The van der Waals surface area contributed by atoms with E-state index in [9.17, 15) is 9.59 Å². The molecule has 2 aromatic rings. The van der Waals surface area contributed by atoms with Gasteiger partial charge in [0.25, 0.3) is 0 Å². The first-order chi connectivity index (χ1) is 9.05. The summed E-state index contributed by atoms with van der Waals surface area (Å²) in [6.45, 7) is 1.77. The van der Waals surface area contributed by atoms with E-state index < -0.39 is 4.32 Å². The maximum absolute atomic E-state index is 12.5. The molecular formula is C14H9BrN2O2. The van der Waals surface area contributed by atoms with Crippen LogP contribution in [0.5, 0.6) is 0 Å². The predicted molar refractivity (Wildman–Crippen MR) is 72.5 cm³/mol. The van der Waals surface area contributed by atoms with E-state index in [1.807, 2.05) is 0 Å². The van der Waals surface area contributed by atoms with Gasteiger partial charge in [0.2, 0.25) is 0 Å². The fraction of sp³-hybridized carbons (Fsp3) is 0.143. The number of carbonyl (C=O) groups is 2. The minimum Gasteiger partial charge on any atom is -0.292 e. The van der Waals surface area contributed by atoms with E-state index in [0.29, 0.717) is 22.5 Å². The zero-order chi connectivity index (χ0) is 13.6. The van der Waals surface area contributed by atoms with Crippen molar-refractivity contribution in [2.75, 3.05) is 0 Å². The van der Waals surface area contributed by atoms with Crippen LogP contribution in [0.1, 0.15) is 32.1 Å². The number of fused-ring (bicyclic) bond motifs is 1. The largest absolute Gasteiger partial charge is 0.292 e. The number of carbonyl (C=O) groups excluding carboxylic acids is 2. The van der Waals surface area contributed by atoms with Gasteiger partial charge in [-0.05, 0) is 6.92 Å². The Hall–Kier alpha value is -1.88. The lowest BCUT2D eigenvalue weighted by Gasteiger charge is -2.17. The number of aryl methyl sites for hydroxylation is 1. The molecule has 4 nitrogen and oxygen atoms in total. The fourth-order valence-corrected chi connectivity index (χ4v) is 2.83. The van der Waals surface area contributed by atoms with E-state index in [2.05, 4.69) is 25.9 Å². The second-order valence-corrected chi connectivity index (χ2v) is 5.60. The van der Waals surface area contributed by atoms with Crippen molar-refractivity contribution in [3.8, 4) is 0 Å². The summed E-state index contributed by atoms with van der Waals surface area (Å²) in [5, 5.41) is 0. The molecule has 0 atom stereocenters. The summed E-state index contributed by atoms with van der Waals surface area (Å²) < 4.78 is -1.43. The molecule has 0 saturated heterocycles. The van der Waals surface area contributed by atoms with Crippen molar-refractivity contribution in [3.63, 3.8) is 0 Å². The molecule has 0 spiro atoms. The van der Waals surface area contributed by atoms with Crippen molar-refractivity contribution in [1.29, 1.82) is 0 Å². The molecule has 1 heterocycles. The third-order valence-corrected chi connectivity index (χ3v) is 4.28. The van der Waals surface area contributed by atoms with Crippen molar-refractivity contribution in [2.45, 2.75) is 11.2 Å². The summed E-state index contributed by atoms with van der Waals surface area (Å²) in [5.74, 6) is -0.569. The van der Waals surface area contributed by atoms with Crippen molar-refractivity contribution in [3.05, 3.63) is 59.2 Å². The molecule has 19 heavy (non-hydrogen) atoms. The molecule has 0 bridgehead atoms. The first-order valence-corrected chi connectivity index (χ1v) is 6.51. The van der Waals surface area contributed by atoms with Gasteiger partial charge in [0, 0.05) is 17.3 Å². The first kappa shape index (κ1) is 12.2. The lowest BCUT2D eigenvalue weighted by molar-refractivity contribution is 0.0868. The van der Waals surface area contributed by atoms with Gasteiger partial charge in [-0.15, -0.1) is 0 Å². The van der Waals surface area contributed by atoms with E-state index in [1.165, 1.54) is 6.20 Å². The molecule has 0 amide bonds. The molecule has 0 radical (unpaired) electrons. The van der Waals surface area contributed by atoms with E-state index in [1.54, 1.807) is 37.4 Å². The van der Waals surface area contributed by atoms with Crippen molar-refractivity contribution >= 4 is 27.5 Å². The Balaban J connectivity index is 2.23. The Labute approximate surface area is 118 Å². The van der Waals surface area contributed by atoms with Crippen LogP contribution in [0.25, 0.3) is 0 Å². The van der Waals surface area contributed by atoms with Gasteiger partial charge in [-0.1, -0.05) is 40.2 Å². The molecule has 1 aliphatic rings. The van der Waals surface area contributed by atoms with E-state index in [4.69, 9.17) is 0 Å². The Morgan fingerprint density at radius 1 is 1.05 bits per heavy atom. The highest BCUT2D eigenvalue weighted by molar-refractivity contribution is 9.10. The van der Waals surface area contributed by atoms with E-state index in [0.717, 1.165) is 0 Å². The standard InChI is InChI=1S/C14H9BrN2O2/c1-8-6-16-7-11(17-8)14(15)12(18)9-4-2-3-5-10(9)13(14)19/h2-7H,1H3. The van der Waals surface area contributed by atoms with Gasteiger partial charge in [-0.25, -0.2) is 0 Å². The lowest BCUT2D eigenvalue weighted by atomic mass is 10.00. The Kier molecular flexibility index (Phi) is 2.60. The molecule has 0 saturated carbocycles. The van der Waals surface area contributed by atoms with E-state index in [-0.39, 0.29) is 11.6 Å². The summed E-state index contributed by atoms with van der Waals surface area (Å²) in [6.07, 6.45) is 3.03. The van der Waals surface area contributed by atoms with Gasteiger partial charge in [-0.2, -0.15) is 0 Å². The SMILES string of the molecule is Cc1cncc(C2(Br)C(=O)c3ccccc3C2=O)n1. The number of halogens is 1. The molecule has 94 valence electrons. The van der Waals surface area contributed by atoms with Crippen LogP contribution in [0.3, 0.4) is 0 Å². The van der Waals surface area contributed by atoms with Gasteiger partial charge in [0.15, 0.2) is 15.9 Å². The summed E-state index contributed by atoms with van der Waals surface area (Å²) >= 11 is 3.30. The van der Waals surface area contributed by atoms with Crippen LogP contribution in [0.4, 0.5) is 0 Å². The van der Waals surface area contributed by atoms with Crippen LogP contribution < -0.4 is 0 Å². The van der Waals surface area contributed by atoms with Gasteiger partial charge >= 0.3 is 0 Å². The summed E-state index contributed by atoms with van der Waals surface area (Å²) in [4.78, 5) is 33.3. The topological polar surface area (TPSA) is 59.9 Å². The number of nitrogens with zero attached hydrogens (tertiary/aromatic N) is 2. The maximum atomic E-state index is 12.5. The number of hydrogen-bond donors (Lipinski definition) is 0. The van der Waals surface area contributed by atoms with Gasteiger partial charge in [-0.3, -0.25) is 19.6 Å². The quantitative estimate of drug-likeness (QED) is 0.599. The van der Waals surface area contributed by atoms with Crippen LogP contribution in [-0.4, -0.2) is 21.5 Å². The zero-order valence-electron chi connectivity index (χ0n) is 10.1. The molecular weight excluding hydrogens is 308 g/mol. The minimum absolute atomic E-state index is 0.284. The molecule has 3 rings (SSSR count). The summed E-state index contributed by atoms with van der Waals surface area (Å²) in [6, 6.07) is 6.79. The molecule has 1 aromatic carbocycles. The lowest BCUT2D eigenvalue weighted by Crippen LogP contribution is -2.32. The van der Waals surface area contributed by atoms with Crippen LogP contribution in [0.2, 0.25) is 0 Å². The highest BCUT2D eigenvalue weighted by Crippen LogP contribution is 2.43. The summed E-state index contributed by atoms with van der Waals surface area (Å²) in [7, 11) is 0. The number of alkyl halides is 1. The highest BCUT2D eigenvalue weighted by Gasteiger charge is 2.53. The second kappa shape index (κ2) is 4.06. The van der Waals surface area contributed by atoms with Gasteiger partial charge in [0.1, 0.15) is 0 Å². The van der Waals surface area contributed by atoms with Gasteiger partial charge in [0.05, 0.1) is 17.6 Å². The maximum Gasteiger partial charge on any atom is 0.194 e. The van der Waals surface area contributed by atoms with Crippen LogP contribution in [0, 0.1) is 6.92 Å². The van der Waals surface area contributed by atoms with Crippen molar-refractivity contribution in [2.24, 2.45) is 0 Å². The first-order valence-electron chi connectivity index (χ1n) is 5.72.